The zero-order chi connectivity index (χ0) is 21.2. The van der Waals surface area contributed by atoms with Gasteiger partial charge in [0.25, 0.3) is 0 Å². The molecule has 158 valence electrons. The number of hydrogen-bond acceptors (Lipinski definition) is 5. The van der Waals surface area contributed by atoms with Crippen LogP contribution in [0.2, 0.25) is 0 Å². The lowest BCUT2D eigenvalue weighted by Gasteiger charge is -2.26. The highest BCUT2D eigenvalue weighted by Crippen LogP contribution is 2.42. The van der Waals surface area contributed by atoms with Gasteiger partial charge in [0.05, 0.1) is 5.52 Å². The molecule has 2 aliphatic rings. The van der Waals surface area contributed by atoms with Crippen molar-refractivity contribution < 1.29 is 0 Å². The quantitative estimate of drug-likeness (QED) is 0.541. The van der Waals surface area contributed by atoms with E-state index in [0.29, 0.717) is 5.92 Å². The zero-order valence-corrected chi connectivity index (χ0v) is 18.1. The first-order valence-electron chi connectivity index (χ1n) is 11.3. The molecule has 6 rings (SSSR count). The largest absolute Gasteiger partial charge is 0.324 e. The highest BCUT2D eigenvalue weighted by Gasteiger charge is 2.33. The summed E-state index contributed by atoms with van der Waals surface area (Å²) in [4.78, 5) is 7.51. The van der Waals surface area contributed by atoms with Crippen LogP contribution in [0.4, 0.5) is 0 Å². The molecule has 6 nitrogen and oxygen atoms in total. The minimum atomic E-state index is -0.103. The second kappa shape index (κ2) is 6.84. The SMILES string of the molecule is C[C@@H](c1ccc2nnc(-c3ccc4cccc(C5CC5)c4n3)n2c1)N1CC[C@@](C)(N)C1. The average molecular weight is 413 g/mol. The maximum atomic E-state index is 6.37. The number of para-hydroxylation sites is 1. The lowest BCUT2D eigenvalue weighted by molar-refractivity contribution is 0.248. The number of benzene rings is 1. The normalized spacial score (nSPS) is 23.1. The number of nitrogens with two attached hydrogens (primary N) is 1. The minimum Gasteiger partial charge on any atom is -0.324 e. The van der Waals surface area contributed by atoms with Crippen LogP contribution in [0.1, 0.15) is 56.2 Å². The van der Waals surface area contributed by atoms with Crippen molar-refractivity contribution in [1.82, 2.24) is 24.5 Å². The molecule has 0 amide bonds. The third kappa shape index (κ3) is 3.30. The van der Waals surface area contributed by atoms with E-state index in [1.165, 1.54) is 29.4 Å². The lowest BCUT2D eigenvalue weighted by atomic mass is 10.0. The van der Waals surface area contributed by atoms with E-state index < -0.39 is 0 Å². The first kappa shape index (κ1) is 18.9. The Bertz CT molecular complexity index is 1290. The molecular formula is C25H28N6. The molecule has 4 aromatic rings. The maximum absolute atomic E-state index is 6.37. The molecule has 31 heavy (non-hydrogen) atoms. The lowest BCUT2D eigenvalue weighted by Crippen LogP contribution is -2.39. The summed E-state index contributed by atoms with van der Waals surface area (Å²) in [5.41, 5.74) is 11.7. The molecule has 1 aliphatic heterocycles. The number of rotatable bonds is 4. The van der Waals surface area contributed by atoms with Gasteiger partial charge in [-0.15, -0.1) is 10.2 Å². The third-order valence-corrected chi connectivity index (χ3v) is 6.99. The number of likely N-dealkylation sites (tertiary alicyclic amines) is 1. The van der Waals surface area contributed by atoms with Crippen LogP contribution in [-0.2, 0) is 0 Å². The predicted molar refractivity (Wildman–Crippen MR) is 123 cm³/mol. The Kier molecular flexibility index (Phi) is 4.17. The number of hydrogen-bond donors (Lipinski definition) is 1. The topological polar surface area (TPSA) is 72.3 Å². The second-order valence-corrected chi connectivity index (χ2v) is 9.65. The average Bonchev–Trinajstić information content (AvgIpc) is 3.43. The van der Waals surface area contributed by atoms with Crippen LogP contribution in [-0.4, -0.2) is 43.1 Å². The van der Waals surface area contributed by atoms with Crippen molar-refractivity contribution in [2.75, 3.05) is 13.1 Å². The van der Waals surface area contributed by atoms with Crippen molar-refractivity contribution in [1.29, 1.82) is 0 Å². The molecular weight excluding hydrogens is 384 g/mol. The standard InChI is InChI=1S/C25H28N6/c1-16(30-13-12-25(2,26)15-30)19-9-11-22-28-29-24(31(22)14-19)21-10-8-18-4-3-5-20(17-6-7-17)23(18)27-21/h3-5,8-11,14,16-17H,6-7,12-13,15,26H2,1-2H3/t16-,25+/m0/s1. The Hall–Kier alpha value is -2.83. The van der Waals surface area contributed by atoms with E-state index in [9.17, 15) is 0 Å². The number of pyridine rings is 2. The minimum absolute atomic E-state index is 0.103. The molecule has 1 aliphatic carbocycles. The summed E-state index contributed by atoms with van der Waals surface area (Å²) in [6.45, 7) is 6.33. The van der Waals surface area contributed by atoms with E-state index in [4.69, 9.17) is 10.7 Å². The summed E-state index contributed by atoms with van der Waals surface area (Å²) in [6, 6.07) is 15.2. The van der Waals surface area contributed by atoms with Crippen molar-refractivity contribution in [3.63, 3.8) is 0 Å². The molecule has 0 spiro atoms. The fourth-order valence-electron chi connectivity index (χ4n) is 4.91. The Morgan fingerprint density at radius 2 is 1.97 bits per heavy atom. The van der Waals surface area contributed by atoms with Crippen LogP contribution in [0.25, 0.3) is 28.1 Å². The summed E-state index contributed by atoms with van der Waals surface area (Å²) in [6.07, 6.45) is 5.72. The summed E-state index contributed by atoms with van der Waals surface area (Å²) in [7, 11) is 0. The first-order valence-corrected chi connectivity index (χ1v) is 11.3. The van der Waals surface area contributed by atoms with E-state index in [-0.39, 0.29) is 11.6 Å². The molecule has 2 N–H and O–H groups in total. The van der Waals surface area contributed by atoms with Crippen LogP contribution in [0.3, 0.4) is 0 Å². The van der Waals surface area contributed by atoms with Crippen molar-refractivity contribution in [2.24, 2.45) is 5.73 Å². The molecule has 0 bridgehead atoms. The smallest absolute Gasteiger partial charge is 0.187 e. The van der Waals surface area contributed by atoms with E-state index in [2.05, 4.69) is 82.0 Å². The molecule has 0 radical (unpaired) electrons. The van der Waals surface area contributed by atoms with Gasteiger partial charge < -0.3 is 5.73 Å². The molecule has 3 aromatic heterocycles. The highest BCUT2D eigenvalue weighted by molar-refractivity contribution is 5.84. The Morgan fingerprint density at radius 3 is 2.74 bits per heavy atom. The molecule has 6 heteroatoms. The van der Waals surface area contributed by atoms with Crippen LogP contribution in [0.15, 0.2) is 48.7 Å². The number of fused-ring (bicyclic) bond motifs is 2. The predicted octanol–water partition coefficient (Wildman–Crippen LogP) is 4.31. The van der Waals surface area contributed by atoms with Crippen molar-refractivity contribution in [3.8, 4) is 11.5 Å². The van der Waals surface area contributed by atoms with Gasteiger partial charge in [-0.1, -0.05) is 30.3 Å². The summed E-state index contributed by atoms with van der Waals surface area (Å²) >= 11 is 0. The number of nitrogens with zero attached hydrogens (tertiary/aromatic N) is 5. The molecule has 1 saturated carbocycles. The van der Waals surface area contributed by atoms with Gasteiger partial charge in [-0.25, -0.2) is 4.98 Å². The van der Waals surface area contributed by atoms with E-state index in [1.807, 2.05) is 0 Å². The van der Waals surface area contributed by atoms with Gasteiger partial charge in [0.1, 0.15) is 5.69 Å². The van der Waals surface area contributed by atoms with Crippen LogP contribution in [0, 0.1) is 0 Å². The second-order valence-electron chi connectivity index (χ2n) is 9.65. The molecule has 2 fully saturated rings. The number of aromatic nitrogens is 4. The van der Waals surface area contributed by atoms with E-state index in [1.54, 1.807) is 0 Å². The van der Waals surface area contributed by atoms with Crippen molar-refractivity contribution >= 4 is 16.6 Å². The Labute approximate surface area is 182 Å². The maximum Gasteiger partial charge on any atom is 0.187 e. The molecule has 1 aromatic carbocycles. The molecule has 0 unspecified atom stereocenters. The van der Waals surface area contributed by atoms with Crippen LogP contribution < -0.4 is 5.73 Å². The highest BCUT2D eigenvalue weighted by atomic mass is 15.3. The van der Waals surface area contributed by atoms with Gasteiger partial charge in [-0.05, 0) is 62.3 Å². The molecule has 4 heterocycles. The molecule has 2 atom stereocenters. The van der Waals surface area contributed by atoms with Gasteiger partial charge in [-0.2, -0.15) is 0 Å². The Morgan fingerprint density at radius 1 is 1.10 bits per heavy atom. The van der Waals surface area contributed by atoms with Gasteiger partial charge in [0.15, 0.2) is 11.5 Å². The van der Waals surface area contributed by atoms with E-state index >= 15 is 0 Å². The van der Waals surface area contributed by atoms with Gasteiger partial charge in [0, 0.05) is 36.3 Å². The first-order chi connectivity index (χ1) is 15.0. The van der Waals surface area contributed by atoms with Crippen molar-refractivity contribution in [2.45, 2.75) is 50.6 Å². The Balaban J connectivity index is 1.41. The van der Waals surface area contributed by atoms with Gasteiger partial charge in [-0.3, -0.25) is 9.30 Å². The fraction of sp³-hybridized carbons (Fsp3) is 0.400. The van der Waals surface area contributed by atoms with E-state index in [0.717, 1.165) is 42.2 Å². The van der Waals surface area contributed by atoms with Crippen LogP contribution in [0.5, 0.6) is 0 Å². The molecule has 1 saturated heterocycles. The fourth-order valence-corrected chi connectivity index (χ4v) is 4.91. The zero-order valence-electron chi connectivity index (χ0n) is 18.1. The van der Waals surface area contributed by atoms with Gasteiger partial charge >= 0.3 is 0 Å². The van der Waals surface area contributed by atoms with Crippen LogP contribution >= 0.6 is 0 Å². The summed E-state index contributed by atoms with van der Waals surface area (Å²) in [5.74, 6) is 1.45. The monoisotopic (exact) mass is 412 g/mol. The van der Waals surface area contributed by atoms with Gasteiger partial charge in [0.2, 0.25) is 0 Å². The third-order valence-electron chi connectivity index (χ3n) is 6.99. The van der Waals surface area contributed by atoms with Crippen molar-refractivity contribution in [3.05, 3.63) is 59.8 Å². The summed E-state index contributed by atoms with van der Waals surface area (Å²) < 4.78 is 2.08. The summed E-state index contributed by atoms with van der Waals surface area (Å²) in [5, 5.41) is 10.1.